The Morgan fingerprint density at radius 1 is 1.24 bits per heavy atom. The quantitative estimate of drug-likeness (QED) is 0.563. The molecule has 0 amide bonds. The van der Waals surface area contributed by atoms with Crippen molar-refractivity contribution in [2.24, 2.45) is 5.92 Å². The van der Waals surface area contributed by atoms with Crippen LogP contribution in [-0.4, -0.2) is 49.2 Å². The monoisotopic (exact) mass is 298 g/mol. The van der Waals surface area contributed by atoms with Crippen LogP contribution in [0.2, 0.25) is 0 Å². The fraction of sp³-hybridized carbons (Fsp3) is 0.941. The van der Waals surface area contributed by atoms with Crippen LogP contribution >= 0.6 is 0 Å². The second kappa shape index (κ2) is 9.42. The van der Waals surface area contributed by atoms with Gasteiger partial charge in [0.05, 0.1) is 6.61 Å². The first-order valence-electron chi connectivity index (χ1n) is 8.79. The van der Waals surface area contributed by atoms with Crippen molar-refractivity contribution >= 4 is 5.97 Å². The van der Waals surface area contributed by atoms with E-state index in [0.717, 1.165) is 45.4 Å². The van der Waals surface area contributed by atoms with Crippen LogP contribution in [0, 0.1) is 5.92 Å². The molecule has 1 rings (SSSR count). The summed E-state index contributed by atoms with van der Waals surface area (Å²) >= 11 is 0. The maximum atomic E-state index is 12.7. The average Bonchev–Trinajstić information content (AvgIpc) is 3.32. The summed E-state index contributed by atoms with van der Waals surface area (Å²) in [5.41, 5.74) is -0.490. The van der Waals surface area contributed by atoms with Crippen LogP contribution < -0.4 is 5.32 Å². The van der Waals surface area contributed by atoms with Crippen LogP contribution in [0.3, 0.4) is 0 Å². The van der Waals surface area contributed by atoms with Crippen LogP contribution in [0.1, 0.15) is 59.8 Å². The van der Waals surface area contributed by atoms with E-state index >= 15 is 0 Å². The molecule has 4 nitrogen and oxygen atoms in total. The molecular weight excluding hydrogens is 264 g/mol. The maximum absolute atomic E-state index is 12.7. The smallest absolute Gasteiger partial charge is 0.327 e. The van der Waals surface area contributed by atoms with E-state index in [4.69, 9.17) is 4.74 Å². The predicted molar refractivity (Wildman–Crippen MR) is 87.4 cm³/mol. The molecule has 124 valence electrons. The highest BCUT2D eigenvalue weighted by molar-refractivity contribution is 5.82. The fourth-order valence-corrected chi connectivity index (χ4v) is 2.90. The van der Waals surface area contributed by atoms with Crippen molar-refractivity contribution in [3.8, 4) is 0 Å². The first-order chi connectivity index (χ1) is 10.1. The lowest BCUT2D eigenvalue weighted by Gasteiger charge is -2.37. The molecule has 1 aliphatic rings. The summed E-state index contributed by atoms with van der Waals surface area (Å²) in [6, 6.07) is 0. The summed E-state index contributed by atoms with van der Waals surface area (Å²) in [5, 5.41) is 3.55. The highest BCUT2D eigenvalue weighted by atomic mass is 16.5. The summed E-state index contributed by atoms with van der Waals surface area (Å²) in [5.74, 6) is 0.398. The van der Waals surface area contributed by atoms with Gasteiger partial charge in [-0.2, -0.15) is 0 Å². The Bertz CT molecular complexity index is 305. The minimum Gasteiger partial charge on any atom is -0.465 e. The third-order valence-corrected chi connectivity index (χ3v) is 4.35. The van der Waals surface area contributed by atoms with Crippen molar-refractivity contribution in [3.05, 3.63) is 0 Å². The Morgan fingerprint density at radius 3 is 2.43 bits per heavy atom. The lowest BCUT2D eigenvalue weighted by Crippen LogP contribution is -2.61. The molecule has 0 aromatic heterocycles. The number of ether oxygens (including phenoxy) is 1. The number of carbonyl (C=O) groups is 1. The van der Waals surface area contributed by atoms with Crippen molar-refractivity contribution in [2.45, 2.75) is 65.3 Å². The number of unbranched alkanes of at least 4 members (excludes halogenated alkanes) is 1. The number of carbonyl (C=O) groups excluding carboxylic acids is 1. The number of hydrogen-bond donors (Lipinski definition) is 1. The first-order valence-corrected chi connectivity index (χ1v) is 8.79. The van der Waals surface area contributed by atoms with Crippen molar-refractivity contribution < 1.29 is 9.53 Å². The van der Waals surface area contributed by atoms with E-state index in [2.05, 4.69) is 31.0 Å². The molecule has 21 heavy (non-hydrogen) atoms. The van der Waals surface area contributed by atoms with Gasteiger partial charge in [-0.05, 0) is 58.2 Å². The van der Waals surface area contributed by atoms with Gasteiger partial charge >= 0.3 is 5.97 Å². The molecule has 1 saturated carbocycles. The Hall–Kier alpha value is -0.610. The zero-order chi connectivity index (χ0) is 15.7. The first kappa shape index (κ1) is 18.4. The van der Waals surface area contributed by atoms with Crippen LogP contribution in [-0.2, 0) is 9.53 Å². The predicted octanol–water partition coefficient (Wildman–Crippen LogP) is 2.82. The molecule has 1 N–H and O–H groups in total. The van der Waals surface area contributed by atoms with Gasteiger partial charge in [-0.25, -0.2) is 4.79 Å². The number of rotatable bonds is 12. The van der Waals surface area contributed by atoms with Gasteiger partial charge in [-0.15, -0.1) is 0 Å². The number of likely N-dealkylation sites (N-methyl/N-ethyl adjacent to an activating group) is 1. The van der Waals surface area contributed by atoms with E-state index in [-0.39, 0.29) is 5.97 Å². The van der Waals surface area contributed by atoms with E-state index in [1.54, 1.807) is 0 Å². The molecular formula is C17H34N2O2. The second-order valence-corrected chi connectivity index (χ2v) is 6.12. The molecule has 0 spiro atoms. The highest BCUT2D eigenvalue weighted by Gasteiger charge is 2.52. The molecule has 1 atom stereocenters. The molecule has 0 saturated heterocycles. The molecule has 1 aliphatic carbocycles. The Morgan fingerprint density at radius 2 is 1.95 bits per heavy atom. The molecule has 4 heteroatoms. The molecule has 0 radical (unpaired) electrons. The van der Waals surface area contributed by atoms with E-state index < -0.39 is 5.54 Å². The summed E-state index contributed by atoms with van der Waals surface area (Å²) < 4.78 is 5.43. The van der Waals surface area contributed by atoms with Crippen LogP contribution in [0.15, 0.2) is 0 Å². The molecule has 0 aromatic rings. The standard InChI is InChI=1S/C17H34N2O2/c1-5-9-13-19(7-3)14-17(15-10-11-15,18-12-6-2)16(20)21-8-4/h15,18H,5-14H2,1-4H3. The number of hydrogen-bond acceptors (Lipinski definition) is 4. The molecule has 0 bridgehead atoms. The van der Waals surface area contributed by atoms with Crippen molar-refractivity contribution in [1.82, 2.24) is 10.2 Å². The number of esters is 1. The topological polar surface area (TPSA) is 41.6 Å². The van der Waals surface area contributed by atoms with E-state index in [1.165, 1.54) is 12.8 Å². The lowest BCUT2D eigenvalue weighted by atomic mass is 9.91. The van der Waals surface area contributed by atoms with Crippen molar-refractivity contribution in [1.29, 1.82) is 0 Å². The van der Waals surface area contributed by atoms with Gasteiger partial charge in [0.1, 0.15) is 5.54 Å². The molecule has 1 fully saturated rings. The van der Waals surface area contributed by atoms with Gasteiger partial charge in [-0.1, -0.05) is 27.2 Å². The van der Waals surface area contributed by atoms with Gasteiger partial charge in [-0.3, -0.25) is 0 Å². The SMILES string of the molecule is CCCCN(CC)CC(NCCC)(C(=O)OCC)C1CC1. The molecule has 1 unspecified atom stereocenters. The van der Waals surface area contributed by atoms with Crippen molar-refractivity contribution in [3.63, 3.8) is 0 Å². The zero-order valence-corrected chi connectivity index (χ0v) is 14.4. The second-order valence-electron chi connectivity index (χ2n) is 6.12. The molecule has 0 heterocycles. The van der Waals surface area contributed by atoms with Crippen LogP contribution in [0.4, 0.5) is 0 Å². The molecule has 0 aliphatic heterocycles. The number of nitrogens with zero attached hydrogens (tertiary/aromatic N) is 1. The Labute approximate surface area is 130 Å². The van der Waals surface area contributed by atoms with E-state index in [0.29, 0.717) is 12.5 Å². The van der Waals surface area contributed by atoms with Gasteiger partial charge in [0.15, 0.2) is 0 Å². The largest absolute Gasteiger partial charge is 0.465 e. The van der Waals surface area contributed by atoms with Gasteiger partial charge in [0.2, 0.25) is 0 Å². The summed E-state index contributed by atoms with van der Waals surface area (Å²) in [6.45, 7) is 12.6. The van der Waals surface area contributed by atoms with Gasteiger partial charge < -0.3 is 15.0 Å². The fourth-order valence-electron chi connectivity index (χ4n) is 2.90. The van der Waals surface area contributed by atoms with Gasteiger partial charge in [0, 0.05) is 6.54 Å². The third-order valence-electron chi connectivity index (χ3n) is 4.35. The molecule has 0 aromatic carbocycles. The Balaban J connectivity index is 2.83. The number of nitrogens with one attached hydrogen (secondary N) is 1. The maximum Gasteiger partial charge on any atom is 0.327 e. The van der Waals surface area contributed by atoms with Gasteiger partial charge in [0.25, 0.3) is 0 Å². The Kier molecular flexibility index (Phi) is 8.27. The summed E-state index contributed by atoms with van der Waals surface area (Å²) in [6.07, 6.45) is 5.69. The highest BCUT2D eigenvalue weighted by Crippen LogP contribution is 2.41. The van der Waals surface area contributed by atoms with E-state index in [9.17, 15) is 4.79 Å². The van der Waals surface area contributed by atoms with Crippen molar-refractivity contribution in [2.75, 3.05) is 32.8 Å². The third kappa shape index (κ3) is 5.26. The lowest BCUT2D eigenvalue weighted by molar-refractivity contribution is -0.153. The normalized spacial score (nSPS) is 17.8. The van der Waals surface area contributed by atoms with Crippen LogP contribution in [0.25, 0.3) is 0 Å². The van der Waals surface area contributed by atoms with Crippen LogP contribution in [0.5, 0.6) is 0 Å². The minimum atomic E-state index is -0.490. The summed E-state index contributed by atoms with van der Waals surface area (Å²) in [7, 11) is 0. The minimum absolute atomic E-state index is 0.0455. The summed E-state index contributed by atoms with van der Waals surface area (Å²) in [4.78, 5) is 15.1. The van der Waals surface area contributed by atoms with E-state index in [1.807, 2.05) is 6.92 Å². The zero-order valence-electron chi connectivity index (χ0n) is 14.4. The average molecular weight is 298 g/mol.